The second kappa shape index (κ2) is 12.8. The number of nitrogens with zero attached hydrogens (tertiary/aromatic N) is 1. The molecule has 1 heterocycles. The van der Waals surface area contributed by atoms with Gasteiger partial charge in [0, 0.05) is 10.6 Å². The number of anilines is 1. The molecule has 1 aliphatic rings. The topological polar surface area (TPSA) is 98.3 Å². The Kier molecular flexibility index (Phi) is 10.2. The first kappa shape index (κ1) is 31.0. The molecule has 4 aromatic rings. The van der Waals surface area contributed by atoms with Crippen LogP contribution in [0, 0.1) is 13.8 Å². The summed E-state index contributed by atoms with van der Waals surface area (Å²) < 4.78 is 10.1. The average molecular weight is 570 g/mol. The van der Waals surface area contributed by atoms with Gasteiger partial charge in [0.1, 0.15) is 6.10 Å². The van der Waals surface area contributed by atoms with Gasteiger partial charge in [0.15, 0.2) is 0 Å². The second-order valence-electron chi connectivity index (χ2n) is 9.46. The van der Waals surface area contributed by atoms with Gasteiger partial charge in [-0.2, -0.15) is 4.37 Å². The zero-order valence-corrected chi connectivity index (χ0v) is 25.8. The zero-order chi connectivity index (χ0) is 26.2. The van der Waals surface area contributed by atoms with E-state index < -0.39 is 17.6 Å². The molecule has 2 N–H and O–H groups in total. The van der Waals surface area contributed by atoms with E-state index in [4.69, 9.17) is 16.3 Å². The number of hydrogen-bond donors (Lipinski definition) is 1. The first-order chi connectivity index (χ1) is 17.8. The number of aromatic nitrogens is 1. The molecule has 1 saturated carbocycles. The third-order valence-corrected chi connectivity index (χ3v) is 8.23. The van der Waals surface area contributed by atoms with E-state index in [1.165, 1.54) is 11.5 Å². The van der Waals surface area contributed by atoms with Crippen LogP contribution in [0.15, 0.2) is 66.7 Å². The van der Waals surface area contributed by atoms with E-state index in [0.717, 1.165) is 56.8 Å². The summed E-state index contributed by atoms with van der Waals surface area (Å²) in [6.07, 6.45) is 2.89. The van der Waals surface area contributed by atoms with Gasteiger partial charge >= 0.3 is 35.7 Å². The molecular weight excluding hydrogens is 543 g/mol. The summed E-state index contributed by atoms with van der Waals surface area (Å²) in [4.78, 5) is 24.9. The van der Waals surface area contributed by atoms with E-state index in [0.29, 0.717) is 10.7 Å². The van der Waals surface area contributed by atoms with E-state index in [-0.39, 0.29) is 35.0 Å². The minimum atomic E-state index is -0.564. The number of carbonyl (C=O) groups excluding carboxylic acids is 2. The fourth-order valence-electron chi connectivity index (χ4n) is 4.55. The molecule has 1 fully saturated rings. The van der Waals surface area contributed by atoms with Crippen molar-refractivity contribution >= 4 is 41.2 Å². The number of benzene rings is 3. The fourth-order valence-corrected chi connectivity index (χ4v) is 5.68. The van der Waals surface area contributed by atoms with Crippen molar-refractivity contribution in [2.45, 2.75) is 45.1 Å². The number of aryl methyl sites for hydroxylation is 2. The number of carbonyl (C=O) groups is 1. The van der Waals surface area contributed by atoms with Crippen LogP contribution in [-0.2, 0) is 14.9 Å². The van der Waals surface area contributed by atoms with Crippen LogP contribution >= 0.6 is 23.1 Å². The van der Waals surface area contributed by atoms with Crippen molar-refractivity contribution in [3.63, 3.8) is 0 Å². The molecule has 6 nitrogen and oxygen atoms in total. The minimum Gasteiger partial charge on any atom is -0.870 e. The van der Waals surface area contributed by atoms with Crippen LogP contribution in [0.1, 0.15) is 48.3 Å². The Labute approximate surface area is 259 Å². The Bertz CT molecular complexity index is 1480. The fraction of sp³-hybridized carbons (Fsp3) is 0.233. The zero-order valence-electron chi connectivity index (χ0n) is 22.2. The quantitative estimate of drug-likeness (QED) is 0.249. The number of hydrogen-bond acceptors (Lipinski definition) is 6. The summed E-state index contributed by atoms with van der Waals surface area (Å²) in [5, 5.41) is 3.44. The van der Waals surface area contributed by atoms with Crippen LogP contribution in [0.25, 0.3) is 21.6 Å². The predicted molar refractivity (Wildman–Crippen MR) is 151 cm³/mol. The van der Waals surface area contributed by atoms with Gasteiger partial charge in [0.25, 0.3) is 0 Å². The maximum absolute atomic E-state index is 12.7. The maximum Gasteiger partial charge on any atom is 1.00 e. The Hall–Kier alpha value is -2.52. The summed E-state index contributed by atoms with van der Waals surface area (Å²) in [6.45, 7) is 5.71. The van der Waals surface area contributed by atoms with Crippen molar-refractivity contribution in [3.8, 4) is 21.6 Å². The number of rotatable bonds is 7. The molecule has 0 unspecified atom stereocenters. The Balaban J connectivity index is 0.00000210. The Morgan fingerprint density at radius 3 is 2.36 bits per heavy atom. The van der Waals surface area contributed by atoms with Crippen LogP contribution < -0.4 is 34.9 Å². The molecule has 39 heavy (non-hydrogen) atoms. The number of amides is 1. The molecule has 9 heteroatoms. The van der Waals surface area contributed by atoms with Gasteiger partial charge in [0.05, 0.1) is 16.3 Å². The third-order valence-electron chi connectivity index (χ3n) is 6.90. The standard InChI is InChI=1S/C30H26ClN2O3S.Na.H2O/c1-18-16-22(10-13-24(18)21-8-11-23(12-9-21)30(17-34)14-15-30)28-27(19(2)33-37-28)32-29(35)36-20(3)25-6-4-5-7-26(25)31;;/h4-13,16,20H,14-15H2,1-3H3,(H,32,35);;1H2/q-1;+1;/p-1/t20-;;/m1../s1. The Morgan fingerprint density at radius 1 is 1.08 bits per heavy atom. The van der Waals surface area contributed by atoms with Crippen LogP contribution in [-0.4, -0.2) is 22.2 Å². The van der Waals surface area contributed by atoms with Gasteiger partial charge in [-0.1, -0.05) is 84.6 Å². The summed E-state index contributed by atoms with van der Waals surface area (Å²) in [6, 6.07) is 21.7. The summed E-state index contributed by atoms with van der Waals surface area (Å²) in [5.74, 6) is 0. The van der Waals surface area contributed by atoms with E-state index in [1.807, 2.05) is 43.3 Å². The molecule has 0 saturated heterocycles. The van der Waals surface area contributed by atoms with Crippen molar-refractivity contribution in [1.82, 2.24) is 4.37 Å². The molecule has 0 bridgehead atoms. The Morgan fingerprint density at radius 2 is 1.74 bits per heavy atom. The molecule has 3 aromatic carbocycles. The van der Waals surface area contributed by atoms with Crippen molar-refractivity contribution in [2.24, 2.45) is 0 Å². The van der Waals surface area contributed by atoms with Gasteiger partial charge in [-0.25, -0.2) is 4.79 Å². The molecule has 0 radical (unpaired) electrons. The number of halogens is 1. The minimum absolute atomic E-state index is 0. The smallest absolute Gasteiger partial charge is 0.870 e. The van der Waals surface area contributed by atoms with Gasteiger partial charge in [-0.3, -0.25) is 11.6 Å². The molecule has 1 aliphatic carbocycles. The van der Waals surface area contributed by atoms with Gasteiger partial charge in [-0.05, 0) is 66.7 Å². The SMILES string of the molecule is Cc1cc(-c2snc(C)c2NC(=O)O[C@H](C)c2ccccc2Cl)ccc1-c1ccc(C2([C-]=O)CC2)cc1.[Na+].[OH-]. The van der Waals surface area contributed by atoms with Crippen LogP contribution in [0.3, 0.4) is 0 Å². The number of nitrogens with one attached hydrogen (secondary N) is 1. The van der Waals surface area contributed by atoms with Crippen molar-refractivity contribution in [1.29, 1.82) is 0 Å². The third kappa shape index (κ3) is 6.46. The molecule has 5 rings (SSSR count). The monoisotopic (exact) mass is 569 g/mol. The van der Waals surface area contributed by atoms with E-state index >= 15 is 0 Å². The summed E-state index contributed by atoms with van der Waals surface area (Å²) in [5.41, 5.74) is 7.01. The largest absolute Gasteiger partial charge is 1.00 e. The maximum atomic E-state index is 12.7. The molecule has 1 amide bonds. The van der Waals surface area contributed by atoms with Crippen molar-refractivity contribution < 1.29 is 49.4 Å². The molecule has 0 spiro atoms. The first-order valence-corrected chi connectivity index (χ1v) is 13.3. The normalized spacial score (nSPS) is 13.8. The van der Waals surface area contributed by atoms with Crippen LogP contribution in [0.4, 0.5) is 10.5 Å². The van der Waals surface area contributed by atoms with E-state index in [9.17, 15) is 9.59 Å². The number of ether oxygens (including phenoxy) is 1. The van der Waals surface area contributed by atoms with E-state index in [1.54, 1.807) is 13.0 Å². The van der Waals surface area contributed by atoms with Gasteiger partial charge in [0.2, 0.25) is 0 Å². The summed E-state index contributed by atoms with van der Waals surface area (Å²) in [7, 11) is 0. The van der Waals surface area contributed by atoms with Gasteiger partial charge in [-0.15, -0.1) is 5.41 Å². The van der Waals surface area contributed by atoms with Crippen LogP contribution in [0.5, 0.6) is 0 Å². The predicted octanol–water partition coefficient (Wildman–Crippen LogP) is 5.03. The van der Waals surface area contributed by atoms with Gasteiger partial charge < -0.3 is 15.0 Å². The van der Waals surface area contributed by atoms with Crippen molar-refractivity contribution in [3.05, 3.63) is 94.1 Å². The second-order valence-corrected chi connectivity index (χ2v) is 10.6. The molecule has 0 aliphatic heterocycles. The average Bonchev–Trinajstić information content (AvgIpc) is 3.62. The summed E-state index contributed by atoms with van der Waals surface area (Å²) >= 11 is 7.58. The van der Waals surface area contributed by atoms with E-state index in [2.05, 4.69) is 47.2 Å². The van der Waals surface area contributed by atoms with Crippen molar-refractivity contribution in [2.75, 3.05) is 5.32 Å². The molecule has 196 valence electrons. The molecular formula is C30H27ClN2NaO4S-. The molecule has 1 aromatic heterocycles. The molecule has 1 atom stereocenters. The first-order valence-electron chi connectivity index (χ1n) is 12.1. The van der Waals surface area contributed by atoms with Crippen LogP contribution in [0.2, 0.25) is 5.02 Å².